The van der Waals surface area contributed by atoms with Crippen LogP contribution in [-0.2, 0) is 16.4 Å². The van der Waals surface area contributed by atoms with Crippen molar-refractivity contribution in [3.63, 3.8) is 0 Å². The van der Waals surface area contributed by atoms with Crippen molar-refractivity contribution in [1.82, 2.24) is 4.31 Å². The van der Waals surface area contributed by atoms with Crippen LogP contribution in [-0.4, -0.2) is 30.6 Å². The first kappa shape index (κ1) is 12.9. The first-order valence-corrected chi connectivity index (χ1v) is 8.49. The van der Waals surface area contributed by atoms with Crippen molar-refractivity contribution in [3.8, 4) is 0 Å². The summed E-state index contributed by atoms with van der Waals surface area (Å²) < 4.78 is 26.8. The molecule has 0 saturated carbocycles. The third kappa shape index (κ3) is 2.60. The van der Waals surface area contributed by atoms with Gasteiger partial charge in [-0.3, -0.25) is 0 Å². The molecular formula is C15H19NO2S. The van der Waals surface area contributed by atoms with Gasteiger partial charge in [-0.15, -0.1) is 0 Å². The molecule has 4 heteroatoms. The van der Waals surface area contributed by atoms with Crippen molar-refractivity contribution < 1.29 is 8.42 Å². The number of sulfonamides is 1. The predicted molar refractivity (Wildman–Crippen MR) is 76.3 cm³/mol. The SMILES string of the molecule is O=S(=O)(CCc1ccccc1)N1C2C=CCC1CC2. The summed E-state index contributed by atoms with van der Waals surface area (Å²) in [5, 5.41) is 0. The molecular weight excluding hydrogens is 258 g/mol. The minimum atomic E-state index is -3.14. The molecule has 0 spiro atoms. The van der Waals surface area contributed by atoms with E-state index in [-0.39, 0.29) is 17.8 Å². The first-order valence-electron chi connectivity index (χ1n) is 6.88. The number of hydrogen-bond donors (Lipinski definition) is 0. The van der Waals surface area contributed by atoms with Gasteiger partial charge in [0.05, 0.1) is 5.75 Å². The highest BCUT2D eigenvalue weighted by Crippen LogP contribution is 2.34. The van der Waals surface area contributed by atoms with E-state index < -0.39 is 10.0 Å². The number of nitrogens with zero attached hydrogens (tertiary/aromatic N) is 1. The molecule has 2 heterocycles. The lowest BCUT2D eigenvalue weighted by Crippen LogP contribution is -2.43. The summed E-state index contributed by atoms with van der Waals surface area (Å²) in [5.41, 5.74) is 1.09. The van der Waals surface area contributed by atoms with Crippen molar-refractivity contribution in [2.45, 2.75) is 37.8 Å². The Morgan fingerprint density at radius 1 is 1.16 bits per heavy atom. The highest BCUT2D eigenvalue weighted by molar-refractivity contribution is 7.89. The Bertz CT molecular complexity index is 565. The Morgan fingerprint density at radius 3 is 2.68 bits per heavy atom. The minimum Gasteiger partial charge on any atom is -0.212 e. The van der Waals surface area contributed by atoms with Gasteiger partial charge >= 0.3 is 0 Å². The van der Waals surface area contributed by atoms with Crippen LogP contribution in [0, 0.1) is 0 Å². The lowest BCUT2D eigenvalue weighted by Gasteiger charge is -2.30. The summed E-state index contributed by atoms with van der Waals surface area (Å²) in [6, 6.07) is 10.1. The molecule has 0 aromatic heterocycles. The highest BCUT2D eigenvalue weighted by atomic mass is 32.2. The molecule has 1 fully saturated rings. The number of fused-ring (bicyclic) bond motifs is 2. The Morgan fingerprint density at radius 2 is 1.95 bits per heavy atom. The normalized spacial score (nSPS) is 26.7. The second-order valence-corrected chi connectivity index (χ2v) is 7.34. The van der Waals surface area contributed by atoms with Crippen LogP contribution in [0.4, 0.5) is 0 Å². The van der Waals surface area contributed by atoms with Gasteiger partial charge in [0.25, 0.3) is 0 Å². The average Bonchev–Trinajstić information content (AvgIpc) is 2.70. The van der Waals surface area contributed by atoms with E-state index in [9.17, 15) is 8.42 Å². The maximum absolute atomic E-state index is 12.5. The first-order chi connectivity index (χ1) is 9.17. The number of hydrogen-bond acceptors (Lipinski definition) is 2. The molecule has 1 aromatic rings. The molecule has 2 unspecified atom stereocenters. The molecule has 1 aromatic carbocycles. The molecule has 2 aliphatic heterocycles. The van der Waals surface area contributed by atoms with Crippen molar-refractivity contribution >= 4 is 10.0 Å². The smallest absolute Gasteiger partial charge is 0.212 e. The highest BCUT2D eigenvalue weighted by Gasteiger charge is 2.41. The molecule has 2 atom stereocenters. The summed E-state index contributed by atoms with van der Waals surface area (Å²) >= 11 is 0. The topological polar surface area (TPSA) is 37.4 Å². The maximum atomic E-state index is 12.5. The van der Waals surface area contributed by atoms with Crippen LogP contribution in [0.3, 0.4) is 0 Å². The largest absolute Gasteiger partial charge is 0.215 e. The molecule has 0 N–H and O–H groups in total. The molecule has 3 rings (SSSR count). The minimum absolute atomic E-state index is 0.111. The maximum Gasteiger partial charge on any atom is 0.215 e. The summed E-state index contributed by atoms with van der Waals surface area (Å²) in [5.74, 6) is 0.220. The zero-order valence-corrected chi connectivity index (χ0v) is 11.7. The van der Waals surface area contributed by atoms with Crippen LogP contribution in [0.25, 0.3) is 0 Å². The molecule has 1 saturated heterocycles. The van der Waals surface area contributed by atoms with Gasteiger partial charge in [0.1, 0.15) is 0 Å². The molecule has 0 aliphatic carbocycles. The second kappa shape index (κ2) is 5.10. The molecule has 0 amide bonds. The molecule has 2 bridgehead atoms. The summed E-state index contributed by atoms with van der Waals surface area (Å²) in [6.07, 6.45) is 7.65. The Kier molecular flexibility index (Phi) is 3.46. The van der Waals surface area contributed by atoms with Gasteiger partial charge < -0.3 is 0 Å². The predicted octanol–water partition coefficient (Wildman–Crippen LogP) is 2.35. The monoisotopic (exact) mass is 277 g/mol. The fourth-order valence-corrected chi connectivity index (χ4v) is 5.05. The van der Waals surface area contributed by atoms with Crippen LogP contribution >= 0.6 is 0 Å². The number of aryl methyl sites for hydroxylation is 1. The Balaban J connectivity index is 1.72. The zero-order chi connectivity index (χ0) is 13.3. The van der Waals surface area contributed by atoms with Crippen molar-refractivity contribution in [3.05, 3.63) is 48.0 Å². The van der Waals surface area contributed by atoms with E-state index in [2.05, 4.69) is 12.2 Å². The molecule has 102 valence electrons. The molecule has 2 aliphatic rings. The molecule has 3 nitrogen and oxygen atoms in total. The van der Waals surface area contributed by atoms with Gasteiger partial charge in [0.15, 0.2) is 0 Å². The number of rotatable bonds is 4. The van der Waals surface area contributed by atoms with Crippen molar-refractivity contribution in [2.24, 2.45) is 0 Å². The Hall–Kier alpha value is -1.13. The van der Waals surface area contributed by atoms with Gasteiger partial charge in [0, 0.05) is 12.1 Å². The van der Waals surface area contributed by atoms with Crippen LogP contribution in [0.1, 0.15) is 24.8 Å². The zero-order valence-electron chi connectivity index (χ0n) is 10.9. The summed E-state index contributed by atoms with van der Waals surface area (Å²) in [6.45, 7) is 0. The van der Waals surface area contributed by atoms with Crippen LogP contribution < -0.4 is 0 Å². The van der Waals surface area contributed by atoms with Gasteiger partial charge in [0.2, 0.25) is 10.0 Å². The van der Waals surface area contributed by atoms with E-state index in [0.29, 0.717) is 6.42 Å². The fraction of sp³-hybridized carbons (Fsp3) is 0.467. The van der Waals surface area contributed by atoms with Crippen LogP contribution in [0.15, 0.2) is 42.5 Å². The van der Waals surface area contributed by atoms with Crippen molar-refractivity contribution in [1.29, 1.82) is 0 Å². The lowest BCUT2D eigenvalue weighted by molar-refractivity contribution is 0.341. The van der Waals surface area contributed by atoms with Gasteiger partial charge in [-0.2, -0.15) is 4.31 Å². The molecule has 0 radical (unpaired) electrons. The third-order valence-electron chi connectivity index (χ3n) is 4.06. The van der Waals surface area contributed by atoms with E-state index >= 15 is 0 Å². The quantitative estimate of drug-likeness (QED) is 0.792. The van der Waals surface area contributed by atoms with Crippen LogP contribution in [0.5, 0.6) is 0 Å². The van der Waals surface area contributed by atoms with Gasteiger partial charge in [-0.05, 0) is 31.2 Å². The standard InChI is InChI=1S/C15H19NO2S/c17-19(18,12-11-13-5-2-1-3-6-13)16-14-7-4-8-15(16)10-9-14/h1-7,14-15H,8-12H2. The summed E-state index contributed by atoms with van der Waals surface area (Å²) in [7, 11) is -3.14. The van der Waals surface area contributed by atoms with E-state index in [4.69, 9.17) is 0 Å². The lowest BCUT2D eigenvalue weighted by atomic mass is 10.2. The average molecular weight is 277 g/mol. The van der Waals surface area contributed by atoms with Gasteiger partial charge in [-0.1, -0.05) is 42.5 Å². The van der Waals surface area contributed by atoms with E-state index in [1.54, 1.807) is 4.31 Å². The molecule has 19 heavy (non-hydrogen) atoms. The van der Waals surface area contributed by atoms with Crippen LogP contribution in [0.2, 0.25) is 0 Å². The summed E-state index contributed by atoms with van der Waals surface area (Å²) in [4.78, 5) is 0. The van der Waals surface area contributed by atoms with E-state index in [1.807, 2.05) is 30.3 Å². The third-order valence-corrected chi connectivity index (χ3v) is 5.99. The number of benzene rings is 1. The van der Waals surface area contributed by atoms with Crippen molar-refractivity contribution in [2.75, 3.05) is 5.75 Å². The van der Waals surface area contributed by atoms with E-state index in [1.165, 1.54) is 0 Å². The fourth-order valence-electron chi connectivity index (χ4n) is 3.11. The van der Waals surface area contributed by atoms with E-state index in [0.717, 1.165) is 24.8 Å². The second-order valence-electron chi connectivity index (χ2n) is 5.34. The van der Waals surface area contributed by atoms with Gasteiger partial charge in [-0.25, -0.2) is 8.42 Å². The Labute approximate surface area is 115 Å².